The maximum Gasteiger partial charge on any atom is 0.253 e. The Morgan fingerprint density at radius 2 is 1.88 bits per heavy atom. The molecule has 2 N–H and O–H groups in total. The highest BCUT2D eigenvalue weighted by molar-refractivity contribution is 5.95. The molecule has 2 aromatic rings. The number of benzene rings is 1. The predicted octanol–water partition coefficient (Wildman–Crippen LogP) is 3.18. The summed E-state index contributed by atoms with van der Waals surface area (Å²) in [6, 6.07) is 13.8. The molecule has 126 valence electrons. The van der Waals surface area contributed by atoms with E-state index < -0.39 is 0 Å². The summed E-state index contributed by atoms with van der Waals surface area (Å²) < 4.78 is 0. The lowest BCUT2D eigenvalue weighted by Crippen LogP contribution is -2.43. The fourth-order valence-electron chi connectivity index (χ4n) is 3.17. The monoisotopic (exact) mass is 323 g/mol. The van der Waals surface area contributed by atoms with Gasteiger partial charge in [0.2, 0.25) is 0 Å². The second-order valence-electron chi connectivity index (χ2n) is 6.94. The lowest BCUT2D eigenvalue weighted by molar-refractivity contribution is 0.0921. The van der Waals surface area contributed by atoms with Gasteiger partial charge < -0.3 is 10.6 Å². The molecule has 1 aromatic heterocycles. The molecule has 4 nitrogen and oxygen atoms in total. The van der Waals surface area contributed by atoms with Crippen molar-refractivity contribution in [3.63, 3.8) is 0 Å². The predicted molar refractivity (Wildman–Crippen MR) is 97.0 cm³/mol. The van der Waals surface area contributed by atoms with E-state index in [-0.39, 0.29) is 11.3 Å². The van der Waals surface area contributed by atoms with E-state index in [1.165, 1.54) is 0 Å². The van der Waals surface area contributed by atoms with Crippen LogP contribution in [0.3, 0.4) is 0 Å². The quantitative estimate of drug-likeness (QED) is 0.908. The average Bonchev–Trinajstić information content (AvgIpc) is 2.61. The first-order valence-electron chi connectivity index (χ1n) is 8.59. The zero-order valence-corrected chi connectivity index (χ0v) is 14.4. The summed E-state index contributed by atoms with van der Waals surface area (Å²) >= 11 is 0. The van der Waals surface area contributed by atoms with Crippen LogP contribution in [0.2, 0.25) is 0 Å². The molecule has 0 saturated carbocycles. The van der Waals surface area contributed by atoms with Gasteiger partial charge in [-0.3, -0.25) is 9.78 Å². The maximum atomic E-state index is 12.5. The molecule has 0 unspecified atom stereocenters. The lowest BCUT2D eigenvalue weighted by atomic mass is 9.81. The minimum absolute atomic E-state index is 0.0284. The highest BCUT2D eigenvalue weighted by atomic mass is 16.1. The summed E-state index contributed by atoms with van der Waals surface area (Å²) in [7, 11) is 0. The highest BCUT2D eigenvalue weighted by Crippen LogP contribution is 2.27. The topological polar surface area (TPSA) is 54.0 Å². The molecule has 1 aliphatic rings. The summed E-state index contributed by atoms with van der Waals surface area (Å²) in [4.78, 5) is 17.1. The molecule has 24 heavy (non-hydrogen) atoms. The number of hydrogen-bond acceptors (Lipinski definition) is 3. The first-order valence-corrected chi connectivity index (χ1v) is 8.59. The standard InChI is InChI=1S/C20H25N3O/c1-15-17(8-9-18(23-15)16-6-4-3-5-7-16)19(24)22-14-20(2)10-12-21-13-11-20/h3-9,21H,10-14H2,1-2H3,(H,22,24). The number of carbonyl (C=O) groups excluding carboxylic acids is 1. The number of aromatic nitrogens is 1. The number of carbonyl (C=O) groups is 1. The Morgan fingerprint density at radius 1 is 1.17 bits per heavy atom. The third-order valence-electron chi connectivity index (χ3n) is 4.89. The van der Waals surface area contributed by atoms with Crippen LogP contribution in [0, 0.1) is 12.3 Å². The summed E-state index contributed by atoms with van der Waals surface area (Å²) in [6.07, 6.45) is 2.19. The number of aryl methyl sites for hydroxylation is 1. The fourth-order valence-corrected chi connectivity index (χ4v) is 3.17. The second-order valence-corrected chi connectivity index (χ2v) is 6.94. The fraction of sp³-hybridized carbons (Fsp3) is 0.400. The van der Waals surface area contributed by atoms with Crippen molar-refractivity contribution in [1.82, 2.24) is 15.6 Å². The molecule has 0 radical (unpaired) electrons. The Morgan fingerprint density at radius 3 is 2.54 bits per heavy atom. The average molecular weight is 323 g/mol. The van der Waals surface area contributed by atoms with Gasteiger partial charge >= 0.3 is 0 Å². The molecule has 0 atom stereocenters. The van der Waals surface area contributed by atoms with E-state index in [1.54, 1.807) is 0 Å². The highest BCUT2D eigenvalue weighted by Gasteiger charge is 2.27. The molecule has 4 heteroatoms. The van der Waals surface area contributed by atoms with Crippen LogP contribution in [0.25, 0.3) is 11.3 Å². The van der Waals surface area contributed by atoms with E-state index in [4.69, 9.17) is 0 Å². The van der Waals surface area contributed by atoms with Crippen LogP contribution in [0.4, 0.5) is 0 Å². The van der Waals surface area contributed by atoms with E-state index in [0.717, 1.165) is 42.9 Å². The second kappa shape index (κ2) is 7.14. The van der Waals surface area contributed by atoms with Crippen LogP contribution in [0.15, 0.2) is 42.5 Å². The van der Waals surface area contributed by atoms with Gasteiger partial charge in [0.15, 0.2) is 0 Å². The molecule has 1 fully saturated rings. The first-order chi connectivity index (χ1) is 11.6. The van der Waals surface area contributed by atoms with E-state index in [0.29, 0.717) is 12.1 Å². The zero-order chi connectivity index (χ0) is 17.0. The van der Waals surface area contributed by atoms with Gasteiger partial charge in [-0.25, -0.2) is 0 Å². The van der Waals surface area contributed by atoms with Gasteiger partial charge in [-0.05, 0) is 50.4 Å². The van der Waals surface area contributed by atoms with Crippen molar-refractivity contribution in [2.24, 2.45) is 5.41 Å². The Kier molecular flexibility index (Phi) is 4.95. The van der Waals surface area contributed by atoms with Gasteiger partial charge in [-0.15, -0.1) is 0 Å². The molecule has 1 aliphatic heterocycles. The van der Waals surface area contributed by atoms with E-state index in [9.17, 15) is 4.79 Å². The van der Waals surface area contributed by atoms with Gasteiger partial charge in [-0.2, -0.15) is 0 Å². The third-order valence-corrected chi connectivity index (χ3v) is 4.89. The van der Waals surface area contributed by atoms with Crippen molar-refractivity contribution >= 4 is 5.91 Å². The van der Waals surface area contributed by atoms with Gasteiger partial charge in [0.25, 0.3) is 5.91 Å². The number of rotatable bonds is 4. The molecule has 0 spiro atoms. The van der Waals surface area contributed by atoms with Gasteiger partial charge in [-0.1, -0.05) is 37.3 Å². The summed E-state index contributed by atoms with van der Waals surface area (Å²) in [5.41, 5.74) is 3.58. The Hall–Kier alpha value is -2.20. The minimum Gasteiger partial charge on any atom is -0.351 e. The lowest BCUT2D eigenvalue weighted by Gasteiger charge is -2.34. The van der Waals surface area contributed by atoms with Gasteiger partial charge in [0.1, 0.15) is 0 Å². The molecule has 1 saturated heterocycles. The minimum atomic E-state index is -0.0284. The van der Waals surface area contributed by atoms with Crippen LogP contribution >= 0.6 is 0 Å². The largest absolute Gasteiger partial charge is 0.351 e. The van der Waals surface area contributed by atoms with Crippen LogP contribution in [-0.2, 0) is 0 Å². The molecule has 0 bridgehead atoms. The first kappa shape index (κ1) is 16.7. The molecular formula is C20H25N3O. The van der Waals surface area contributed by atoms with Crippen molar-refractivity contribution in [3.05, 3.63) is 53.7 Å². The molecule has 3 rings (SSSR count). The van der Waals surface area contributed by atoms with Crippen LogP contribution in [0.1, 0.15) is 35.8 Å². The SMILES string of the molecule is Cc1nc(-c2ccccc2)ccc1C(=O)NCC1(C)CCNCC1. The number of nitrogens with one attached hydrogen (secondary N) is 2. The molecule has 1 aromatic carbocycles. The zero-order valence-electron chi connectivity index (χ0n) is 14.4. The summed E-state index contributed by atoms with van der Waals surface area (Å²) in [5, 5.41) is 6.47. The molecule has 2 heterocycles. The van der Waals surface area contributed by atoms with Crippen molar-refractivity contribution in [2.75, 3.05) is 19.6 Å². The third kappa shape index (κ3) is 3.82. The maximum absolute atomic E-state index is 12.5. The normalized spacial score (nSPS) is 16.6. The van der Waals surface area contributed by atoms with E-state index >= 15 is 0 Å². The number of pyridine rings is 1. The number of hydrogen-bond donors (Lipinski definition) is 2. The molecule has 0 aliphatic carbocycles. The molecular weight excluding hydrogens is 298 g/mol. The number of piperidine rings is 1. The van der Waals surface area contributed by atoms with Crippen molar-refractivity contribution in [3.8, 4) is 11.3 Å². The smallest absolute Gasteiger partial charge is 0.253 e. The van der Waals surface area contributed by atoms with E-state index in [1.807, 2.05) is 49.4 Å². The van der Waals surface area contributed by atoms with Gasteiger partial charge in [0, 0.05) is 12.1 Å². The van der Waals surface area contributed by atoms with Crippen LogP contribution in [-0.4, -0.2) is 30.5 Å². The van der Waals surface area contributed by atoms with Crippen molar-refractivity contribution in [2.45, 2.75) is 26.7 Å². The number of nitrogens with zero attached hydrogens (tertiary/aromatic N) is 1. The van der Waals surface area contributed by atoms with Crippen LogP contribution in [0.5, 0.6) is 0 Å². The van der Waals surface area contributed by atoms with Crippen LogP contribution < -0.4 is 10.6 Å². The van der Waals surface area contributed by atoms with Crippen molar-refractivity contribution in [1.29, 1.82) is 0 Å². The Bertz CT molecular complexity index is 706. The molecule has 1 amide bonds. The number of amides is 1. The van der Waals surface area contributed by atoms with Gasteiger partial charge in [0.05, 0.1) is 17.0 Å². The summed E-state index contributed by atoms with van der Waals surface area (Å²) in [5.74, 6) is -0.0284. The summed E-state index contributed by atoms with van der Waals surface area (Å²) in [6.45, 7) is 6.91. The van der Waals surface area contributed by atoms with Crippen molar-refractivity contribution < 1.29 is 4.79 Å². The Balaban J connectivity index is 1.69. The Labute approximate surface area is 143 Å². The van der Waals surface area contributed by atoms with E-state index in [2.05, 4.69) is 22.5 Å².